The van der Waals surface area contributed by atoms with Gasteiger partial charge in [0.05, 0.1) is 11.9 Å². The van der Waals surface area contributed by atoms with E-state index in [1.165, 1.54) is 30.5 Å². The van der Waals surface area contributed by atoms with Crippen molar-refractivity contribution in [2.75, 3.05) is 10.6 Å². The molecule has 3 rings (SSSR count). The van der Waals surface area contributed by atoms with Crippen molar-refractivity contribution in [3.8, 4) is 11.6 Å². The Balaban J connectivity index is 1.57. The number of hydrogen-bond acceptors (Lipinski definition) is 3. The molecular weight excluding hydrogens is 321 g/mol. The van der Waals surface area contributed by atoms with Crippen molar-refractivity contribution in [3.63, 3.8) is 0 Å². The second-order valence-corrected chi connectivity index (χ2v) is 5.39. The minimum absolute atomic E-state index is 0.362. The smallest absolute Gasteiger partial charge is 0.323 e. The van der Waals surface area contributed by atoms with E-state index in [-0.39, 0.29) is 5.82 Å². The van der Waals surface area contributed by atoms with Crippen LogP contribution >= 0.6 is 0 Å². The molecule has 2 amide bonds. The van der Waals surface area contributed by atoms with Crippen molar-refractivity contribution in [1.29, 1.82) is 0 Å². The molecule has 25 heavy (non-hydrogen) atoms. The molecule has 2 aromatic carbocycles. The Morgan fingerprint density at radius 1 is 0.920 bits per heavy atom. The van der Waals surface area contributed by atoms with E-state index < -0.39 is 6.03 Å². The van der Waals surface area contributed by atoms with Gasteiger partial charge in [-0.2, -0.15) is 0 Å². The first kappa shape index (κ1) is 16.4. The predicted octanol–water partition coefficient (Wildman–Crippen LogP) is 4.97. The third-order valence-electron chi connectivity index (χ3n) is 3.34. The molecule has 1 aromatic heterocycles. The van der Waals surface area contributed by atoms with E-state index in [9.17, 15) is 9.18 Å². The highest BCUT2D eigenvalue weighted by Crippen LogP contribution is 2.21. The summed E-state index contributed by atoms with van der Waals surface area (Å²) < 4.78 is 18.5. The normalized spacial score (nSPS) is 10.2. The van der Waals surface area contributed by atoms with Gasteiger partial charge in [-0.15, -0.1) is 0 Å². The summed E-state index contributed by atoms with van der Waals surface area (Å²) in [5.74, 6) is 0.750. The Bertz CT molecular complexity index is 847. The molecular formula is C19H16FN3O2. The van der Waals surface area contributed by atoms with Crippen LogP contribution < -0.4 is 15.4 Å². The summed E-state index contributed by atoms with van der Waals surface area (Å²) in [7, 11) is 0. The molecule has 0 aliphatic carbocycles. The maximum absolute atomic E-state index is 12.8. The van der Waals surface area contributed by atoms with Crippen LogP contribution in [-0.4, -0.2) is 11.0 Å². The van der Waals surface area contributed by atoms with Crippen LogP contribution in [0.1, 0.15) is 5.56 Å². The van der Waals surface area contributed by atoms with Crippen LogP contribution in [0.4, 0.5) is 20.6 Å². The first-order chi connectivity index (χ1) is 12.1. The molecule has 0 aliphatic heterocycles. The Kier molecular flexibility index (Phi) is 4.89. The van der Waals surface area contributed by atoms with Crippen molar-refractivity contribution in [3.05, 3.63) is 78.2 Å². The van der Waals surface area contributed by atoms with E-state index in [4.69, 9.17) is 4.74 Å². The molecule has 3 aromatic rings. The first-order valence-corrected chi connectivity index (χ1v) is 7.63. The first-order valence-electron chi connectivity index (χ1n) is 7.63. The van der Waals surface area contributed by atoms with E-state index in [2.05, 4.69) is 15.6 Å². The van der Waals surface area contributed by atoms with Crippen LogP contribution in [0.2, 0.25) is 0 Å². The number of benzene rings is 2. The quantitative estimate of drug-likeness (QED) is 0.707. The number of anilines is 2. The van der Waals surface area contributed by atoms with Gasteiger partial charge in [0.25, 0.3) is 0 Å². The zero-order valence-corrected chi connectivity index (χ0v) is 13.5. The second kappa shape index (κ2) is 7.44. The number of urea groups is 1. The average Bonchev–Trinajstić information content (AvgIpc) is 2.61. The number of pyridine rings is 1. The van der Waals surface area contributed by atoms with Gasteiger partial charge in [0.1, 0.15) is 11.6 Å². The zero-order valence-electron chi connectivity index (χ0n) is 13.5. The topological polar surface area (TPSA) is 63.2 Å². The van der Waals surface area contributed by atoms with Crippen molar-refractivity contribution >= 4 is 17.4 Å². The van der Waals surface area contributed by atoms with Crippen molar-refractivity contribution in [2.45, 2.75) is 6.92 Å². The molecule has 1 heterocycles. The summed E-state index contributed by atoms with van der Waals surface area (Å²) in [5.41, 5.74) is 2.15. The number of hydrogen-bond donors (Lipinski definition) is 2. The molecule has 6 heteroatoms. The van der Waals surface area contributed by atoms with Gasteiger partial charge in [0.15, 0.2) is 0 Å². The summed E-state index contributed by atoms with van der Waals surface area (Å²) in [5, 5.41) is 5.24. The highest BCUT2D eigenvalue weighted by molar-refractivity contribution is 5.99. The molecule has 0 aliphatic rings. The summed E-state index contributed by atoms with van der Waals surface area (Å²) in [4.78, 5) is 16.1. The average molecular weight is 337 g/mol. The standard InChI is InChI=1S/C19H16FN3O2/c1-13-2-9-17(10-3-13)25-18-11-8-16(12-21-18)23-19(24)22-15-6-4-14(20)5-7-15/h2-12H,1H3,(H2,22,23,24). The summed E-state index contributed by atoms with van der Waals surface area (Å²) >= 11 is 0. The Morgan fingerprint density at radius 2 is 1.56 bits per heavy atom. The van der Waals surface area contributed by atoms with Crippen molar-refractivity contribution in [1.82, 2.24) is 4.98 Å². The maximum atomic E-state index is 12.8. The number of carbonyl (C=O) groups excluding carboxylic acids is 1. The van der Waals surface area contributed by atoms with Crippen LogP contribution in [0.15, 0.2) is 66.9 Å². The summed E-state index contributed by atoms with van der Waals surface area (Å²) in [6.45, 7) is 2.00. The van der Waals surface area contributed by atoms with Gasteiger partial charge in [0, 0.05) is 11.8 Å². The minimum atomic E-state index is -0.444. The highest BCUT2D eigenvalue weighted by atomic mass is 19.1. The molecule has 0 saturated heterocycles. The van der Waals surface area contributed by atoms with Crippen LogP contribution in [0, 0.1) is 12.7 Å². The monoisotopic (exact) mass is 337 g/mol. The number of aromatic nitrogens is 1. The molecule has 0 bridgehead atoms. The Morgan fingerprint density at radius 3 is 2.20 bits per heavy atom. The Hall–Kier alpha value is -3.41. The van der Waals surface area contributed by atoms with Crippen LogP contribution in [0.5, 0.6) is 11.6 Å². The maximum Gasteiger partial charge on any atom is 0.323 e. The molecule has 0 spiro atoms. The molecule has 2 N–H and O–H groups in total. The van der Waals surface area contributed by atoms with Crippen molar-refractivity contribution in [2.24, 2.45) is 0 Å². The number of amides is 2. The molecule has 5 nitrogen and oxygen atoms in total. The third kappa shape index (κ3) is 4.78. The van der Waals surface area contributed by atoms with Gasteiger partial charge >= 0.3 is 6.03 Å². The predicted molar refractivity (Wildman–Crippen MR) is 94.5 cm³/mol. The van der Waals surface area contributed by atoms with Crippen LogP contribution in [-0.2, 0) is 0 Å². The number of ether oxygens (including phenoxy) is 1. The number of carbonyl (C=O) groups is 1. The lowest BCUT2D eigenvalue weighted by molar-refractivity contribution is 0.262. The highest BCUT2D eigenvalue weighted by Gasteiger charge is 2.04. The van der Waals surface area contributed by atoms with Gasteiger partial charge in [-0.3, -0.25) is 0 Å². The fourth-order valence-electron chi connectivity index (χ4n) is 2.07. The molecule has 0 radical (unpaired) electrons. The SMILES string of the molecule is Cc1ccc(Oc2ccc(NC(=O)Nc3ccc(F)cc3)cn2)cc1. The molecule has 0 atom stereocenters. The van der Waals surface area contributed by atoms with Gasteiger partial charge in [-0.05, 0) is 49.4 Å². The largest absolute Gasteiger partial charge is 0.439 e. The van der Waals surface area contributed by atoms with E-state index >= 15 is 0 Å². The lowest BCUT2D eigenvalue weighted by Gasteiger charge is -2.08. The molecule has 0 fully saturated rings. The lowest BCUT2D eigenvalue weighted by atomic mass is 10.2. The molecule has 126 valence electrons. The van der Waals surface area contributed by atoms with E-state index in [0.29, 0.717) is 23.0 Å². The molecule has 0 saturated carbocycles. The van der Waals surface area contributed by atoms with E-state index in [1.807, 2.05) is 31.2 Å². The van der Waals surface area contributed by atoms with Gasteiger partial charge < -0.3 is 15.4 Å². The number of halogens is 1. The third-order valence-corrected chi connectivity index (χ3v) is 3.34. The molecule has 0 unspecified atom stereocenters. The van der Waals surface area contributed by atoms with Gasteiger partial charge in [-0.1, -0.05) is 17.7 Å². The number of nitrogens with one attached hydrogen (secondary N) is 2. The van der Waals surface area contributed by atoms with E-state index in [1.54, 1.807) is 12.1 Å². The fourth-order valence-corrected chi connectivity index (χ4v) is 2.07. The Labute approximate surface area is 144 Å². The van der Waals surface area contributed by atoms with Crippen LogP contribution in [0.25, 0.3) is 0 Å². The minimum Gasteiger partial charge on any atom is -0.439 e. The second-order valence-electron chi connectivity index (χ2n) is 5.39. The summed E-state index contributed by atoms with van der Waals surface area (Å²) in [6, 6.07) is 16.0. The fraction of sp³-hybridized carbons (Fsp3) is 0.0526. The summed E-state index contributed by atoms with van der Waals surface area (Å²) in [6.07, 6.45) is 1.49. The van der Waals surface area contributed by atoms with Crippen molar-refractivity contribution < 1.29 is 13.9 Å². The zero-order chi connectivity index (χ0) is 17.6. The van der Waals surface area contributed by atoms with Crippen LogP contribution in [0.3, 0.4) is 0 Å². The number of rotatable bonds is 4. The number of nitrogens with zero attached hydrogens (tertiary/aromatic N) is 1. The number of aryl methyl sites for hydroxylation is 1. The van der Waals surface area contributed by atoms with Gasteiger partial charge in [0.2, 0.25) is 5.88 Å². The lowest BCUT2D eigenvalue weighted by Crippen LogP contribution is -2.19. The van der Waals surface area contributed by atoms with Gasteiger partial charge in [-0.25, -0.2) is 14.2 Å². The van der Waals surface area contributed by atoms with E-state index in [0.717, 1.165) is 5.56 Å².